The minimum Gasteiger partial charge on any atom is -0.380 e. The lowest BCUT2D eigenvalue weighted by molar-refractivity contribution is 0.433. The number of hydrogen-bond acceptors (Lipinski definition) is 3. The number of aryl methyl sites for hydroxylation is 1. The highest BCUT2D eigenvalue weighted by atomic mass is 35.5. The molecule has 1 heterocycles. The maximum Gasteiger partial charge on any atom is 0.179 e. The first-order valence-electron chi connectivity index (χ1n) is 6.34. The lowest BCUT2D eigenvalue weighted by Gasteiger charge is -2.07. The summed E-state index contributed by atoms with van der Waals surface area (Å²) in [5.41, 5.74) is 8.64. The van der Waals surface area contributed by atoms with E-state index in [-0.39, 0.29) is 11.4 Å². The van der Waals surface area contributed by atoms with E-state index in [4.69, 9.17) is 21.9 Å². The van der Waals surface area contributed by atoms with Crippen molar-refractivity contribution in [1.29, 1.82) is 0 Å². The van der Waals surface area contributed by atoms with Crippen LogP contribution in [0.3, 0.4) is 0 Å². The maximum atomic E-state index is 14.1. The van der Waals surface area contributed by atoms with E-state index in [1.54, 1.807) is 12.1 Å². The molecule has 0 aliphatic heterocycles. The van der Waals surface area contributed by atoms with Gasteiger partial charge in [0.1, 0.15) is 5.82 Å². The van der Waals surface area contributed by atoms with Gasteiger partial charge >= 0.3 is 0 Å². The van der Waals surface area contributed by atoms with Crippen molar-refractivity contribution < 1.29 is 8.91 Å². The highest BCUT2D eigenvalue weighted by Crippen LogP contribution is 2.39. The molecule has 0 aliphatic carbocycles. The second kappa shape index (κ2) is 5.22. The molecule has 0 fully saturated rings. The predicted molar refractivity (Wildman–Crippen MR) is 81.5 cm³/mol. The van der Waals surface area contributed by atoms with E-state index >= 15 is 0 Å². The van der Waals surface area contributed by atoms with Gasteiger partial charge in [-0.05, 0) is 36.2 Å². The molecule has 0 amide bonds. The molecule has 1 aromatic heterocycles. The monoisotopic (exact) mass is 302 g/mol. The van der Waals surface area contributed by atoms with Gasteiger partial charge in [-0.3, -0.25) is 0 Å². The highest BCUT2D eigenvalue weighted by Gasteiger charge is 2.21. The number of aromatic nitrogens is 1. The van der Waals surface area contributed by atoms with Gasteiger partial charge in [-0.1, -0.05) is 41.0 Å². The van der Waals surface area contributed by atoms with Crippen molar-refractivity contribution >= 4 is 17.4 Å². The molecule has 5 heteroatoms. The maximum absolute atomic E-state index is 14.1. The molecule has 21 heavy (non-hydrogen) atoms. The normalized spacial score (nSPS) is 10.8. The lowest BCUT2D eigenvalue weighted by Crippen LogP contribution is -1.92. The first-order chi connectivity index (χ1) is 10.1. The van der Waals surface area contributed by atoms with Gasteiger partial charge in [0.15, 0.2) is 11.6 Å². The van der Waals surface area contributed by atoms with Crippen LogP contribution in [0, 0.1) is 12.7 Å². The average Bonchev–Trinajstić information content (AvgIpc) is 2.81. The number of nitrogens with two attached hydrogens (primary N) is 1. The molecule has 2 N–H and O–H groups in total. The van der Waals surface area contributed by atoms with E-state index in [1.165, 1.54) is 6.07 Å². The summed E-state index contributed by atoms with van der Waals surface area (Å²) >= 11 is 5.78. The Kier molecular flexibility index (Phi) is 3.39. The minimum atomic E-state index is -0.478. The Hall–Kier alpha value is -2.33. The van der Waals surface area contributed by atoms with Gasteiger partial charge in [0.25, 0.3) is 0 Å². The Balaban J connectivity index is 2.25. The summed E-state index contributed by atoms with van der Waals surface area (Å²) in [7, 11) is 0. The molecule has 0 radical (unpaired) electrons. The number of rotatable bonds is 2. The van der Waals surface area contributed by atoms with Crippen LogP contribution in [0.4, 0.5) is 10.2 Å². The fourth-order valence-electron chi connectivity index (χ4n) is 2.27. The van der Waals surface area contributed by atoms with Crippen molar-refractivity contribution in [3.05, 3.63) is 58.9 Å². The summed E-state index contributed by atoms with van der Waals surface area (Å²) in [6, 6.07) is 12.0. The third-order valence-electron chi connectivity index (χ3n) is 3.31. The van der Waals surface area contributed by atoms with Gasteiger partial charge in [0.2, 0.25) is 0 Å². The Morgan fingerprint density at radius 1 is 1.14 bits per heavy atom. The standard InChI is InChI=1S/C16H12ClFN2O/c1-9-4-2-3-5-11(9)14-15(21-20-16(14)19)12-7-6-10(17)8-13(12)18/h2-8H,1H3,(H2,19,20). The van der Waals surface area contributed by atoms with Crippen LogP contribution in [-0.4, -0.2) is 5.16 Å². The number of anilines is 1. The zero-order valence-corrected chi connectivity index (χ0v) is 12.0. The third-order valence-corrected chi connectivity index (χ3v) is 3.54. The Bertz CT molecular complexity index is 814. The number of nitrogens with zero attached hydrogens (tertiary/aromatic N) is 1. The number of nitrogen functional groups attached to an aromatic ring is 1. The van der Waals surface area contributed by atoms with Gasteiger partial charge in [-0.2, -0.15) is 0 Å². The van der Waals surface area contributed by atoms with Gasteiger partial charge in [-0.15, -0.1) is 0 Å². The molecule has 3 aromatic rings. The fraction of sp³-hybridized carbons (Fsp3) is 0.0625. The Labute approximate surface area is 126 Å². The van der Waals surface area contributed by atoms with Crippen LogP contribution in [-0.2, 0) is 0 Å². The number of hydrogen-bond donors (Lipinski definition) is 1. The molecule has 0 unspecified atom stereocenters. The zero-order chi connectivity index (χ0) is 15.0. The molecule has 3 nitrogen and oxygen atoms in total. The molecule has 3 rings (SSSR count). The minimum absolute atomic E-state index is 0.230. The van der Waals surface area contributed by atoms with Crippen molar-refractivity contribution in [2.45, 2.75) is 6.92 Å². The Morgan fingerprint density at radius 2 is 1.90 bits per heavy atom. The molecule has 0 saturated carbocycles. The van der Waals surface area contributed by atoms with Gasteiger partial charge in [-0.25, -0.2) is 4.39 Å². The number of halogens is 2. The molecular weight excluding hydrogens is 291 g/mol. The highest BCUT2D eigenvalue weighted by molar-refractivity contribution is 6.30. The quantitative estimate of drug-likeness (QED) is 0.747. The molecule has 0 aliphatic rings. The third kappa shape index (κ3) is 2.38. The van der Waals surface area contributed by atoms with Crippen LogP contribution in [0.25, 0.3) is 22.5 Å². The van der Waals surface area contributed by atoms with Crippen molar-refractivity contribution in [2.75, 3.05) is 5.73 Å². The largest absolute Gasteiger partial charge is 0.380 e. The lowest BCUT2D eigenvalue weighted by atomic mass is 9.97. The van der Waals surface area contributed by atoms with E-state index in [1.807, 2.05) is 31.2 Å². The molecule has 2 aromatic carbocycles. The second-order valence-electron chi connectivity index (χ2n) is 4.71. The van der Waals surface area contributed by atoms with Gasteiger partial charge in [0, 0.05) is 5.02 Å². The molecular formula is C16H12ClFN2O. The number of benzene rings is 2. The van der Waals surface area contributed by atoms with Gasteiger partial charge in [0.05, 0.1) is 11.1 Å². The summed E-state index contributed by atoms with van der Waals surface area (Å²) in [5, 5.41) is 4.10. The van der Waals surface area contributed by atoms with Crippen LogP contribution >= 0.6 is 11.6 Å². The van der Waals surface area contributed by atoms with Crippen LogP contribution in [0.1, 0.15) is 5.56 Å². The molecule has 0 atom stereocenters. The first-order valence-corrected chi connectivity index (χ1v) is 6.72. The van der Waals surface area contributed by atoms with Crippen LogP contribution in [0.2, 0.25) is 5.02 Å². The molecule has 0 bridgehead atoms. The summed E-state index contributed by atoms with van der Waals surface area (Å²) in [5.74, 6) is 0.0538. The van der Waals surface area contributed by atoms with Crippen LogP contribution in [0.5, 0.6) is 0 Å². The Morgan fingerprint density at radius 3 is 2.62 bits per heavy atom. The summed E-state index contributed by atoms with van der Waals surface area (Å²) in [6.45, 7) is 1.95. The SMILES string of the molecule is Cc1ccccc1-c1c(N)noc1-c1ccc(Cl)cc1F. The van der Waals surface area contributed by atoms with Crippen molar-refractivity contribution in [2.24, 2.45) is 0 Å². The van der Waals surface area contributed by atoms with E-state index in [2.05, 4.69) is 5.16 Å². The molecule has 0 saturated heterocycles. The summed E-state index contributed by atoms with van der Waals surface area (Å²) in [6.07, 6.45) is 0. The molecule has 106 valence electrons. The average molecular weight is 303 g/mol. The van der Waals surface area contributed by atoms with E-state index in [0.29, 0.717) is 16.3 Å². The van der Waals surface area contributed by atoms with E-state index in [9.17, 15) is 4.39 Å². The molecule has 0 spiro atoms. The predicted octanol–water partition coefficient (Wildman–Crippen LogP) is 4.69. The first kappa shape index (κ1) is 13.6. The topological polar surface area (TPSA) is 52.0 Å². The van der Waals surface area contributed by atoms with E-state index in [0.717, 1.165) is 11.1 Å². The van der Waals surface area contributed by atoms with Crippen LogP contribution < -0.4 is 5.73 Å². The summed E-state index contributed by atoms with van der Waals surface area (Å²) in [4.78, 5) is 0. The smallest absolute Gasteiger partial charge is 0.179 e. The fourth-order valence-corrected chi connectivity index (χ4v) is 2.43. The second-order valence-corrected chi connectivity index (χ2v) is 5.15. The van der Waals surface area contributed by atoms with Gasteiger partial charge < -0.3 is 10.3 Å². The van der Waals surface area contributed by atoms with Crippen molar-refractivity contribution in [3.8, 4) is 22.5 Å². The zero-order valence-electron chi connectivity index (χ0n) is 11.2. The van der Waals surface area contributed by atoms with Crippen molar-refractivity contribution in [3.63, 3.8) is 0 Å². The van der Waals surface area contributed by atoms with E-state index < -0.39 is 5.82 Å². The van der Waals surface area contributed by atoms with Crippen LogP contribution in [0.15, 0.2) is 47.0 Å². The summed E-state index contributed by atoms with van der Waals surface area (Å²) < 4.78 is 19.4. The van der Waals surface area contributed by atoms with Crippen molar-refractivity contribution in [1.82, 2.24) is 5.16 Å².